The summed E-state index contributed by atoms with van der Waals surface area (Å²) in [6.07, 6.45) is 0. The number of rotatable bonds is 2. The third-order valence-electron chi connectivity index (χ3n) is 2.37. The minimum atomic E-state index is -0.373. The SMILES string of the molecule is Cc1ccc2c(CSC(=N)N)cc(=O)oc2c1. The molecule has 3 N–H and O–H groups in total. The predicted molar refractivity (Wildman–Crippen MR) is 70.4 cm³/mol. The minimum Gasteiger partial charge on any atom is -0.423 e. The molecule has 0 aliphatic carbocycles. The fourth-order valence-electron chi connectivity index (χ4n) is 1.61. The van der Waals surface area contributed by atoms with Crippen LogP contribution in [-0.4, -0.2) is 5.17 Å². The van der Waals surface area contributed by atoms with Gasteiger partial charge in [-0.15, -0.1) is 0 Å². The maximum absolute atomic E-state index is 11.4. The topological polar surface area (TPSA) is 80.1 Å². The number of amidine groups is 1. The number of aryl methyl sites for hydroxylation is 1. The van der Waals surface area contributed by atoms with Crippen molar-refractivity contribution in [1.29, 1.82) is 5.41 Å². The Morgan fingerprint density at radius 3 is 2.94 bits per heavy atom. The molecule has 0 spiro atoms. The first-order chi connectivity index (χ1) is 8.06. The van der Waals surface area contributed by atoms with Gasteiger partial charge in [-0.25, -0.2) is 4.79 Å². The smallest absolute Gasteiger partial charge is 0.336 e. The van der Waals surface area contributed by atoms with Gasteiger partial charge in [0.15, 0.2) is 5.17 Å². The van der Waals surface area contributed by atoms with E-state index in [2.05, 4.69) is 0 Å². The third kappa shape index (κ3) is 2.68. The summed E-state index contributed by atoms with van der Waals surface area (Å²) in [7, 11) is 0. The van der Waals surface area contributed by atoms with Crippen LogP contribution in [0.25, 0.3) is 11.0 Å². The van der Waals surface area contributed by atoms with Gasteiger partial charge in [-0.1, -0.05) is 23.9 Å². The third-order valence-corrected chi connectivity index (χ3v) is 3.14. The molecule has 0 aliphatic heterocycles. The monoisotopic (exact) mass is 248 g/mol. The molecule has 88 valence electrons. The van der Waals surface area contributed by atoms with Crippen LogP contribution in [0.15, 0.2) is 33.5 Å². The number of nitrogens with two attached hydrogens (primary N) is 1. The molecule has 1 aromatic heterocycles. The molecule has 0 aliphatic rings. The van der Waals surface area contributed by atoms with E-state index in [0.717, 1.165) is 16.5 Å². The summed E-state index contributed by atoms with van der Waals surface area (Å²) in [4.78, 5) is 11.4. The van der Waals surface area contributed by atoms with E-state index in [1.165, 1.54) is 17.8 Å². The summed E-state index contributed by atoms with van der Waals surface area (Å²) < 4.78 is 5.14. The fourth-order valence-corrected chi connectivity index (χ4v) is 2.16. The van der Waals surface area contributed by atoms with Crippen molar-refractivity contribution < 1.29 is 4.42 Å². The normalized spacial score (nSPS) is 10.6. The van der Waals surface area contributed by atoms with Crippen LogP contribution >= 0.6 is 11.8 Å². The summed E-state index contributed by atoms with van der Waals surface area (Å²) in [6.45, 7) is 1.94. The van der Waals surface area contributed by atoms with E-state index < -0.39 is 0 Å². The Hall–Kier alpha value is -1.75. The van der Waals surface area contributed by atoms with Crippen LogP contribution in [0.1, 0.15) is 11.1 Å². The molecule has 0 amide bonds. The van der Waals surface area contributed by atoms with E-state index in [-0.39, 0.29) is 10.8 Å². The van der Waals surface area contributed by atoms with Crippen LogP contribution in [0.4, 0.5) is 0 Å². The molecular weight excluding hydrogens is 236 g/mol. The molecule has 2 rings (SSSR count). The molecule has 2 aromatic rings. The van der Waals surface area contributed by atoms with Gasteiger partial charge >= 0.3 is 5.63 Å². The molecular formula is C12H12N2O2S. The summed E-state index contributed by atoms with van der Waals surface area (Å²) in [5.41, 5.74) is 7.38. The number of nitrogens with one attached hydrogen (secondary N) is 1. The van der Waals surface area contributed by atoms with Gasteiger partial charge in [-0.05, 0) is 24.1 Å². The molecule has 0 fully saturated rings. The zero-order chi connectivity index (χ0) is 12.4. The number of benzene rings is 1. The Bertz CT molecular complexity index is 634. The second kappa shape index (κ2) is 4.63. The van der Waals surface area contributed by atoms with Crippen molar-refractivity contribution in [3.8, 4) is 0 Å². The van der Waals surface area contributed by atoms with E-state index in [1.54, 1.807) is 0 Å². The number of thioether (sulfide) groups is 1. The molecule has 0 saturated carbocycles. The van der Waals surface area contributed by atoms with Crippen LogP contribution in [0.3, 0.4) is 0 Å². The second-order valence-electron chi connectivity index (χ2n) is 3.74. The first kappa shape index (κ1) is 11.7. The van der Waals surface area contributed by atoms with Gasteiger partial charge in [0.2, 0.25) is 0 Å². The van der Waals surface area contributed by atoms with E-state index >= 15 is 0 Å². The Morgan fingerprint density at radius 1 is 1.47 bits per heavy atom. The number of fused-ring (bicyclic) bond motifs is 1. The summed E-state index contributed by atoms with van der Waals surface area (Å²) in [6, 6.07) is 7.17. The average molecular weight is 248 g/mol. The molecule has 0 radical (unpaired) electrons. The maximum Gasteiger partial charge on any atom is 0.336 e. The molecule has 0 bridgehead atoms. The summed E-state index contributed by atoms with van der Waals surface area (Å²) >= 11 is 1.19. The molecule has 1 aromatic carbocycles. The Kier molecular flexibility index (Phi) is 3.19. The van der Waals surface area contributed by atoms with Gasteiger partial charge in [0.1, 0.15) is 5.58 Å². The molecule has 1 heterocycles. The minimum absolute atomic E-state index is 0.0403. The van der Waals surface area contributed by atoms with E-state index in [4.69, 9.17) is 15.6 Å². The van der Waals surface area contributed by atoms with Crippen LogP contribution in [0.2, 0.25) is 0 Å². The molecule has 0 saturated heterocycles. The van der Waals surface area contributed by atoms with Gasteiger partial charge in [0, 0.05) is 17.2 Å². The first-order valence-corrected chi connectivity index (χ1v) is 6.05. The lowest BCUT2D eigenvalue weighted by Crippen LogP contribution is -2.05. The lowest BCUT2D eigenvalue weighted by Gasteiger charge is -2.05. The van der Waals surface area contributed by atoms with Crippen LogP contribution < -0.4 is 11.4 Å². The zero-order valence-corrected chi connectivity index (χ0v) is 10.1. The predicted octanol–water partition coefficient (Wildman–Crippen LogP) is 2.23. The van der Waals surface area contributed by atoms with E-state index in [9.17, 15) is 4.79 Å². The molecule has 17 heavy (non-hydrogen) atoms. The van der Waals surface area contributed by atoms with Gasteiger partial charge in [0.05, 0.1) is 0 Å². The quantitative estimate of drug-likeness (QED) is 0.485. The highest BCUT2D eigenvalue weighted by Gasteiger charge is 2.06. The Labute approximate surface area is 102 Å². The van der Waals surface area contributed by atoms with Crippen molar-refractivity contribution in [2.75, 3.05) is 0 Å². The first-order valence-electron chi connectivity index (χ1n) is 5.06. The van der Waals surface area contributed by atoms with Crippen molar-refractivity contribution in [1.82, 2.24) is 0 Å². The molecule has 0 atom stereocenters. The van der Waals surface area contributed by atoms with Crippen molar-refractivity contribution in [2.45, 2.75) is 12.7 Å². The molecule has 5 heteroatoms. The molecule has 0 unspecified atom stereocenters. The summed E-state index contributed by atoms with van der Waals surface area (Å²) in [5, 5.41) is 8.11. The Morgan fingerprint density at radius 2 is 2.24 bits per heavy atom. The number of hydrogen-bond acceptors (Lipinski definition) is 4. The highest BCUT2D eigenvalue weighted by Crippen LogP contribution is 2.22. The van der Waals surface area contributed by atoms with Crippen LogP contribution in [0, 0.1) is 12.3 Å². The average Bonchev–Trinajstić information content (AvgIpc) is 2.24. The van der Waals surface area contributed by atoms with Crippen molar-refractivity contribution in [3.05, 3.63) is 45.8 Å². The second-order valence-corrected chi connectivity index (χ2v) is 4.76. The van der Waals surface area contributed by atoms with Gasteiger partial charge in [0.25, 0.3) is 0 Å². The lowest BCUT2D eigenvalue weighted by molar-refractivity contribution is 0.559. The number of hydrogen-bond donors (Lipinski definition) is 2. The standard InChI is InChI=1S/C12H12N2O2S/c1-7-2-3-9-8(6-17-12(13)14)5-11(15)16-10(9)4-7/h2-5H,6H2,1H3,(H3,13,14). The van der Waals surface area contributed by atoms with Crippen LogP contribution in [-0.2, 0) is 5.75 Å². The summed E-state index contributed by atoms with van der Waals surface area (Å²) in [5.74, 6) is 0.500. The molecule has 4 nitrogen and oxygen atoms in total. The van der Waals surface area contributed by atoms with E-state index in [0.29, 0.717) is 11.3 Å². The highest BCUT2D eigenvalue weighted by molar-refractivity contribution is 8.13. The van der Waals surface area contributed by atoms with Crippen molar-refractivity contribution in [3.63, 3.8) is 0 Å². The lowest BCUT2D eigenvalue weighted by atomic mass is 10.1. The van der Waals surface area contributed by atoms with E-state index in [1.807, 2.05) is 25.1 Å². The van der Waals surface area contributed by atoms with Gasteiger partial charge in [-0.3, -0.25) is 5.41 Å². The zero-order valence-electron chi connectivity index (χ0n) is 9.32. The van der Waals surface area contributed by atoms with Gasteiger partial charge < -0.3 is 10.2 Å². The Balaban J connectivity index is 2.53. The van der Waals surface area contributed by atoms with Gasteiger partial charge in [-0.2, -0.15) is 0 Å². The van der Waals surface area contributed by atoms with Crippen molar-refractivity contribution in [2.24, 2.45) is 5.73 Å². The van der Waals surface area contributed by atoms with Crippen LogP contribution in [0.5, 0.6) is 0 Å². The van der Waals surface area contributed by atoms with Crippen molar-refractivity contribution >= 4 is 27.9 Å². The maximum atomic E-state index is 11.4. The highest BCUT2D eigenvalue weighted by atomic mass is 32.2. The largest absolute Gasteiger partial charge is 0.423 e. The fraction of sp³-hybridized carbons (Fsp3) is 0.167.